The van der Waals surface area contributed by atoms with Gasteiger partial charge in [0.05, 0.1) is 6.61 Å². The Labute approximate surface area is 100 Å². The molecule has 2 N–H and O–H groups in total. The zero-order valence-corrected chi connectivity index (χ0v) is 10.8. The SMILES string of the molecule is CCN(CCOC)c1cc(N)nc(SC)n1. The van der Waals surface area contributed by atoms with Crippen molar-refractivity contribution in [1.29, 1.82) is 0 Å². The van der Waals surface area contributed by atoms with Crippen molar-refractivity contribution in [3.63, 3.8) is 0 Å². The molecular weight excluding hydrogens is 224 g/mol. The maximum Gasteiger partial charge on any atom is 0.191 e. The summed E-state index contributed by atoms with van der Waals surface area (Å²) in [6.07, 6.45) is 1.93. The summed E-state index contributed by atoms with van der Waals surface area (Å²) in [5.74, 6) is 1.36. The standard InChI is InChI=1S/C10H18N4OS/c1-4-14(5-6-15-2)9-7-8(11)12-10(13-9)16-3/h7H,4-6H2,1-3H3,(H2,11,12,13). The summed E-state index contributed by atoms with van der Waals surface area (Å²) in [5.41, 5.74) is 5.73. The Balaban J connectivity index is 2.86. The minimum atomic E-state index is 0.505. The van der Waals surface area contributed by atoms with Crippen LogP contribution in [0.4, 0.5) is 11.6 Å². The number of nitrogen functional groups attached to an aromatic ring is 1. The maximum atomic E-state index is 5.73. The van der Waals surface area contributed by atoms with Crippen LogP contribution in [0.25, 0.3) is 0 Å². The Morgan fingerprint density at radius 1 is 1.50 bits per heavy atom. The van der Waals surface area contributed by atoms with E-state index in [0.29, 0.717) is 17.6 Å². The summed E-state index contributed by atoms with van der Waals surface area (Å²) in [4.78, 5) is 10.7. The molecule has 0 aromatic carbocycles. The number of nitrogens with zero attached hydrogens (tertiary/aromatic N) is 3. The average Bonchev–Trinajstić information content (AvgIpc) is 2.29. The summed E-state index contributed by atoms with van der Waals surface area (Å²) in [5, 5.41) is 0.700. The number of anilines is 2. The maximum absolute atomic E-state index is 5.73. The fraction of sp³-hybridized carbons (Fsp3) is 0.600. The van der Waals surface area contributed by atoms with Crippen LogP contribution in [0.3, 0.4) is 0 Å². The molecule has 1 heterocycles. The van der Waals surface area contributed by atoms with Gasteiger partial charge in [-0.1, -0.05) is 11.8 Å². The highest BCUT2D eigenvalue weighted by molar-refractivity contribution is 7.98. The quantitative estimate of drug-likeness (QED) is 0.598. The van der Waals surface area contributed by atoms with Gasteiger partial charge < -0.3 is 15.4 Å². The van der Waals surface area contributed by atoms with E-state index < -0.39 is 0 Å². The number of rotatable bonds is 6. The highest BCUT2D eigenvalue weighted by Gasteiger charge is 2.08. The van der Waals surface area contributed by atoms with Crippen molar-refractivity contribution in [2.75, 3.05) is 43.7 Å². The molecule has 1 aromatic heterocycles. The van der Waals surface area contributed by atoms with Gasteiger partial charge >= 0.3 is 0 Å². The normalized spacial score (nSPS) is 10.4. The van der Waals surface area contributed by atoms with Crippen molar-refractivity contribution in [2.45, 2.75) is 12.1 Å². The molecule has 0 bridgehead atoms. The number of ether oxygens (including phenoxy) is 1. The van der Waals surface area contributed by atoms with Crippen LogP contribution in [0, 0.1) is 0 Å². The van der Waals surface area contributed by atoms with Crippen LogP contribution in [-0.2, 0) is 4.74 Å². The van der Waals surface area contributed by atoms with Crippen LogP contribution in [0.2, 0.25) is 0 Å². The summed E-state index contributed by atoms with van der Waals surface area (Å²) < 4.78 is 5.06. The highest BCUT2D eigenvalue weighted by Crippen LogP contribution is 2.18. The fourth-order valence-corrected chi connectivity index (χ4v) is 1.70. The summed E-state index contributed by atoms with van der Waals surface area (Å²) in [6.45, 7) is 4.42. The minimum absolute atomic E-state index is 0.505. The van der Waals surface area contributed by atoms with E-state index in [0.717, 1.165) is 18.9 Å². The minimum Gasteiger partial charge on any atom is -0.383 e. The van der Waals surface area contributed by atoms with Crippen LogP contribution in [-0.4, -0.2) is 43.0 Å². The molecule has 0 saturated carbocycles. The third kappa shape index (κ3) is 3.53. The fourth-order valence-electron chi connectivity index (χ4n) is 1.32. The molecule has 0 radical (unpaired) electrons. The van der Waals surface area contributed by atoms with Crippen molar-refractivity contribution in [2.24, 2.45) is 0 Å². The second kappa shape index (κ2) is 6.55. The van der Waals surface area contributed by atoms with Gasteiger partial charge in [0.15, 0.2) is 5.16 Å². The molecule has 0 amide bonds. The predicted octanol–water partition coefficient (Wildman–Crippen LogP) is 1.25. The smallest absolute Gasteiger partial charge is 0.191 e. The molecule has 0 fully saturated rings. The molecule has 0 spiro atoms. The molecule has 0 aliphatic heterocycles. The Morgan fingerprint density at radius 3 is 2.81 bits per heavy atom. The van der Waals surface area contributed by atoms with Gasteiger partial charge in [0, 0.05) is 26.3 Å². The van der Waals surface area contributed by atoms with E-state index in [-0.39, 0.29) is 0 Å². The van der Waals surface area contributed by atoms with Crippen LogP contribution in [0.5, 0.6) is 0 Å². The average molecular weight is 242 g/mol. The van der Waals surface area contributed by atoms with E-state index in [2.05, 4.69) is 21.8 Å². The lowest BCUT2D eigenvalue weighted by Gasteiger charge is -2.21. The van der Waals surface area contributed by atoms with Crippen molar-refractivity contribution in [1.82, 2.24) is 9.97 Å². The number of methoxy groups -OCH3 is 1. The molecule has 0 saturated heterocycles. The Bertz CT molecular complexity index is 335. The van der Waals surface area contributed by atoms with Crippen molar-refractivity contribution in [3.05, 3.63) is 6.07 Å². The lowest BCUT2D eigenvalue weighted by Crippen LogP contribution is -2.28. The zero-order valence-electron chi connectivity index (χ0n) is 9.93. The van der Waals surface area contributed by atoms with Crippen LogP contribution < -0.4 is 10.6 Å². The number of aromatic nitrogens is 2. The summed E-state index contributed by atoms with van der Waals surface area (Å²) in [6, 6.07) is 1.79. The van der Waals surface area contributed by atoms with Crippen LogP contribution in [0.15, 0.2) is 11.2 Å². The van der Waals surface area contributed by atoms with E-state index in [1.807, 2.05) is 6.26 Å². The Morgan fingerprint density at radius 2 is 2.25 bits per heavy atom. The Hall–Kier alpha value is -1.01. The largest absolute Gasteiger partial charge is 0.383 e. The van der Waals surface area contributed by atoms with Crippen LogP contribution in [0.1, 0.15) is 6.92 Å². The molecule has 90 valence electrons. The van der Waals surface area contributed by atoms with Gasteiger partial charge in [0.25, 0.3) is 0 Å². The third-order valence-corrected chi connectivity index (χ3v) is 2.71. The Kier molecular flexibility index (Phi) is 5.34. The van der Waals surface area contributed by atoms with Crippen LogP contribution >= 0.6 is 11.8 Å². The van der Waals surface area contributed by atoms with Crippen molar-refractivity contribution >= 4 is 23.4 Å². The molecule has 0 atom stereocenters. The van der Waals surface area contributed by atoms with E-state index >= 15 is 0 Å². The van der Waals surface area contributed by atoms with E-state index in [1.54, 1.807) is 13.2 Å². The van der Waals surface area contributed by atoms with E-state index in [4.69, 9.17) is 10.5 Å². The summed E-state index contributed by atoms with van der Waals surface area (Å²) >= 11 is 1.49. The highest BCUT2D eigenvalue weighted by atomic mass is 32.2. The van der Waals surface area contributed by atoms with Gasteiger partial charge in [-0.25, -0.2) is 9.97 Å². The second-order valence-corrected chi connectivity index (χ2v) is 3.98. The monoisotopic (exact) mass is 242 g/mol. The number of hydrogen-bond donors (Lipinski definition) is 1. The molecule has 6 heteroatoms. The lowest BCUT2D eigenvalue weighted by molar-refractivity contribution is 0.205. The van der Waals surface area contributed by atoms with Gasteiger partial charge in [-0.3, -0.25) is 0 Å². The first-order valence-electron chi connectivity index (χ1n) is 5.13. The second-order valence-electron chi connectivity index (χ2n) is 3.21. The predicted molar refractivity (Wildman–Crippen MR) is 68.0 cm³/mol. The number of likely N-dealkylation sites (N-methyl/N-ethyl adjacent to an activating group) is 1. The molecule has 5 nitrogen and oxygen atoms in total. The molecule has 1 aromatic rings. The van der Waals surface area contributed by atoms with Gasteiger partial charge in [-0.15, -0.1) is 0 Å². The number of hydrogen-bond acceptors (Lipinski definition) is 6. The van der Waals surface area contributed by atoms with E-state index in [9.17, 15) is 0 Å². The van der Waals surface area contributed by atoms with Gasteiger partial charge in [0.2, 0.25) is 0 Å². The first-order valence-corrected chi connectivity index (χ1v) is 6.36. The zero-order chi connectivity index (χ0) is 12.0. The number of nitrogens with two attached hydrogens (primary N) is 1. The van der Waals surface area contributed by atoms with Crippen molar-refractivity contribution in [3.8, 4) is 0 Å². The first-order chi connectivity index (χ1) is 7.71. The first kappa shape index (κ1) is 13.1. The molecule has 0 unspecified atom stereocenters. The van der Waals surface area contributed by atoms with Crippen molar-refractivity contribution < 1.29 is 4.74 Å². The molecule has 1 rings (SSSR count). The summed E-state index contributed by atoms with van der Waals surface area (Å²) in [7, 11) is 1.69. The lowest BCUT2D eigenvalue weighted by atomic mass is 10.4. The third-order valence-electron chi connectivity index (χ3n) is 2.17. The van der Waals surface area contributed by atoms with E-state index in [1.165, 1.54) is 11.8 Å². The number of thioether (sulfide) groups is 1. The van der Waals surface area contributed by atoms with Gasteiger partial charge in [-0.2, -0.15) is 0 Å². The molecule has 0 aliphatic rings. The van der Waals surface area contributed by atoms with Gasteiger partial charge in [0.1, 0.15) is 11.6 Å². The topological polar surface area (TPSA) is 64.3 Å². The van der Waals surface area contributed by atoms with Gasteiger partial charge in [-0.05, 0) is 13.2 Å². The molecular formula is C10H18N4OS. The molecule has 16 heavy (non-hydrogen) atoms. The molecule has 0 aliphatic carbocycles.